The molecule has 0 saturated carbocycles. The summed E-state index contributed by atoms with van der Waals surface area (Å²) >= 11 is 0. The number of hydrogen-bond acceptors (Lipinski definition) is 3. The van der Waals surface area contributed by atoms with Gasteiger partial charge in [0.2, 0.25) is 10.0 Å². The molecule has 0 fully saturated rings. The molecule has 2 rings (SSSR count). The number of nitrogens with one attached hydrogen (secondary N) is 1. The highest BCUT2D eigenvalue weighted by Gasteiger charge is 2.19. The van der Waals surface area contributed by atoms with Crippen LogP contribution in [0.5, 0.6) is 0 Å². The zero-order chi connectivity index (χ0) is 17.6. The molecule has 2 aromatic carbocycles. The molecule has 24 heavy (non-hydrogen) atoms. The van der Waals surface area contributed by atoms with E-state index in [2.05, 4.69) is 5.32 Å². The first-order valence-electron chi connectivity index (χ1n) is 7.82. The van der Waals surface area contributed by atoms with Gasteiger partial charge in [-0.25, -0.2) is 8.42 Å². The molecule has 0 aliphatic heterocycles. The van der Waals surface area contributed by atoms with E-state index < -0.39 is 10.0 Å². The molecule has 0 aromatic heterocycles. The fraction of sp³-hybridized carbons (Fsp3) is 0.278. The van der Waals surface area contributed by atoms with Crippen LogP contribution in [0.15, 0.2) is 54.6 Å². The van der Waals surface area contributed by atoms with Gasteiger partial charge in [-0.15, -0.1) is 0 Å². The van der Waals surface area contributed by atoms with Crippen LogP contribution in [-0.2, 0) is 16.4 Å². The van der Waals surface area contributed by atoms with E-state index in [0.29, 0.717) is 11.3 Å². The van der Waals surface area contributed by atoms with Crippen LogP contribution in [0.3, 0.4) is 0 Å². The van der Waals surface area contributed by atoms with Gasteiger partial charge < -0.3 is 5.32 Å². The zero-order valence-electron chi connectivity index (χ0n) is 13.9. The first-order chi connectivity index (χ1) is 11.4. The maximum atomic E-state index is 12.2. The number of carbonyl (C=O) groups excluding carboxylic acids is 1. The highest BCUT2D eigenvalue weighted by molar-refractivity contribution is 7.92. The van der Waals surface area contributed by atoms with Crippen LogP contribution < -0.4 is 9.62 Å². The van der Waals surface area contributed by atoms with E-state index in [1.807, 2.05) is 31.2 Å². The molecule has 0 aliphatic rings. The smallest absolute Gasteiger partial charge is 0.251 e. The van der Waals surface area contributed by atoms with E-state index in [-0.39, 0.29) is 19.0 Å². The fourth-order valence-electron chi connectivity index (χ4n) is 2.48. The summed E-state index contributed by atoms with van der Waals surface area (Å²) in [7, 11) is -3.43. The number of nitrogens with zero attached hydrogens (tertiary/aromatic N) is 1. The van der Waals surface area contributed by atoms with Crippen molar-refractivity contribution in [2.45, 2.75) is 13.3 Å². The molecule has 128 valence electrons. The number of para-hydroxylation sites is 1. The van der Waals surface area contributed by atoms with Crippen molar-refractivity contribution in [3.8, 4) is 0 Å². The van der Waals surface area contributed by atoms with Crippen molar-refractivity contribution in [3.05, 3.63) is 65.7 Å². The minimum absolute atomic E-state index is 0.189. The van der Waals surface area contributed by atoms with Crippen LogP contribution in [0, 0.1) is 0 Å². The lowest BCUT2D eigenvalue weighted by molar-refractivity contribution is 0.0955. The van der Waals surface area contributed by atoms with Gasteiger partial charge in [-0.2, -0.15) is 0 Å². The predicted octanol–water partition coefficient (Wildman–Crippen LogP) is 2.45. The van der Waals surface area contributed by atoms with Crippen LogP contribution >= 0.6 is 0 Å². The second kappa shape index (κ2) is 7.97. The highest BCUT2D eigenvalue weighted by atomic mass is 32.2. The summed E-state index contributed by atoms with van der Waals surface area (Å²) in [6.07, 6.45) is 1.91. The molecule has 0 atom stereocenters. The topological polar surface area (TPSA) is 66.5 Å². The fourth-order valence-corrected chi connectivity index (χ4v) is 3.44. The van der Waals surface area contributed by atoms with E-state index in [4.69, 9.17) is 0 Å². The predicted molar refractivity (Wildman–Crippen MR) is 96.8 cm³/mol. The van der Waals surface area contributed by atoms with Gasteiger partial charge in [-0.3, -0.25) is 9.10 Å². The van der Waals surface area contributed by atoms with Crippen LogP contribution in [0.2, 0.25) is 0 Å². The van der Waals surface area contributed by atoms with Gasteiger partial charge in [-0.05, 0) is 30.2 Å². The van der Waals surface area contributed by atoms with Crippen LogP contribution in [0.4, 0.5) is 5.69 Å². The number of hydrogen-bond donors (Lipinski definition) is 1. The average molecular weight is 346 g/mol. The number of carbonyl (C=O) groups is 1. The Morgan fingerprint density at radius 2 is 1.67 bits per heavy atom. The van der Waals surface area contributed by atoms with Gasteiger partial charge in [0, 0.05) is 12.1 Å². The first kappa shape index (κ1) is 18.0. The summed E-state index contributed by atoms with van der Waals surface area (Å²) in [5, 5.41) is 2.76. The Labute approximate surface area is 143 Å². The van der Waals surface area contributed by atoms with Crippen LogP contribution in [-0.4, -0.2) is 33.7 Å². The van der Waals surface area contributed by atoms with Gasteiger partial charge in [-0.1, -0.05) is 43.3 Å². The van der Waals surface area contributed by atoms with Crippen molar-refractivity contribution < 1.29 is 13.2 Å². The quantitative estimate of drug-likeness (QED) is 0.837. The number of rotatable bonds is 7. The largest absolute Gasteiger partial charge is 0.350 e. The van der Waals surface area contributed by atoms with E-state index in [9.17, 15) is 13.2 Å². The molecule has 0 aliphatic carbocycles. The Morgan fingerprint density at radius 3 is 2.29 bits per heavy atom. The maximum absolute atomic E-state index is 12.2. The Hall–Kier alpha value is -2.34. The van der Waals surface area contributed by atoms with E-state index in [0.717, 1.165) is 12.0 Å². The van der Waals surface area contributed by atoms with Crippen molar-refractivity contribution in [2.75, 3.05) is 23.7 Å². The molecule has 2 aromatic rings. The monoisotopic (exact) mass is 346 g/mol. The Balaban J connectivity index is 2.10. The SMILES string of the molecule is CCc1ccccc1N(CCNC(=O)c1ccccc1)S(C)(=O)=O. The lowest BCUT2D eigenvalue weighted by atomic mass is 10.1. The van der Waals surface area contributed by atoms with Crippen molar-refractivity contribution in [1.82, 2.24) is 5.32 Å². The van der Waals surface area contributed by atoms with Gasteiger partial charge in [0.15, 0.2) is 0 Å². The van der Waals surface area contributed by atoms with Crippen molar-refractivity contribution in [3.63, 3.8) is 0 Å². The number of benzene rings is 2. The third-order valence-corrected chi connectivity index (χ3v) is 4.86. The first-order valence-corrected chi connectivity index (χ1v) is 9.67. The van der Waals surface area contributed by atoms with Gasteiger partial charge in [0.1, 0.15) is 0 Å². The van der Waals surface area contributed by atoms with Gasteiger partial charge in [0.05, 0.1) is 18.5 Å². The summed E-state index contributed by atoms with van der Waals surface area (Å²) in [6, 6.07) is 16.3. The molecule has 0 saturated heterocycles. The number of sulfonamides is 1. The van der Waals surface area contributed by atoms with Gasteiger partial charge in [0.25, 0.3) is 5.91 Å². The van der Waals surface area contributed by atoms with Crippen molar-refractivity contribution in [1.29, 1.82) is 0 Å². The summed E-state index contributed by atoms with van der Waals surface area (Å²) in [5.74, 6) is -0.215. The lowest BCUT2D eigenvalue weighted by Gasteiger charge is -2.24. The molecular formula is C18H22N2O3S. The average Bonchev–Trinajstić information content (AvgIpc) is 2.58. The Morgan fingerprint density at radius 1 is 1.04 bits per heavy atom. The summed E-state index contributed by atoms with van der Waals surface area (Å²) < 4.78 is 25.7. The molecular weight excluding hydrogens is 324 g/mol. The third kappa shape index (κ3) is 4.58. The normalized spacial score (nSPS) is 11.1. The molecule has 0 heterocycles. The van der Waals surface area contributed by atoms with E-state index in [1.165, 1.54) is 10.6 Å². The van der Waals surface area contributed by atoms with E-state index >= 15 is 0 Å². The summed E-state index contributed by atoms with van der Waals surface area (Å²) in [6.45, 7) is 2.41. The highest BCUT2D eigenvalue weighted by Crippen LogP contribution is 2.22. The van der Waals surface area contributed by atoms with Crippen molar-refractivity contribution in [2.24, 2.45) is 0 Å². The third-order valence-electron chi connectivity index (χ3n) is 3.68. The number of aryl methyl sites for hydroxylation is 1. The summed E-state index contributed by atoms with van der Waals surface area (Å²) in [5.41, 5.74) is 2.17. The molecule has 6 heteroatoms. The minimum Gasteiger partial charge on any atom is -0.350 e. The van der Waals surface area contributed by atoms with Crippen molar-refractivity contribution >= 4 is 21.6 Å². The van der Waals surface area contributed by atoms with E-state index in [1.54, 1.807) is 30.3 Å². The number of amides is 1. The molecule has 5 nitrogen and oxygen atoms in total. The second-order valence-electron chi connectivity index (χ2n) is 5.44. The Bertz CT molecular complexity index is 789. The molecule has 1 amide bonds. The Kier molecular flexibility index (Phi) is 5.98. The second-order valence-corrected chi connectivity index (χ2v) is 7.35. The summed E-state index contributed by atoms with van der Waals surface area (Å²) in [4.78, 5) is 12.1. The van der Waals surface area contributed by atoms with Crippen LogP contribution in [0.1, 0.15) is 22.8 Å². The maximum Gasteiger partial charge on any atom is 0.251 e. The number of anilines is 1. The molecule has 1 N–H and O–H groups in total. The lowest BCUT2D eigenvalue weighted by Crippen LogP contribution is -2.38. The zero-order valence-corrected chi connectivity index (χ0v) is 14.7. The molecule has 0 bridgehead atoms. The van der Waals surface area contributed by atoms with Gasteiger partial charge >= 0.3 is 0 Å². The molecule has 0 unspecified atom stereocenters. The standard InChI is InChI=1S/C18H22N2O3S/c1-3-15-9-7-8-12-17(15)20(24(2,22)23)14-13-19-18(21)16-10-5-4-6-11-16/h4-12H,3,13-14H2,1-2H3,(H,19,21). The molecule has 0 spiro atoms. The van der Waals surface area contributed by atoms with Crippen LogP contribution in [0.25, 0.3) is 0 Å². The molecule has 0 radical (unpaired) electrons. The minimum atomic E-state index is -3.43.